The second-order valence-electron chi connectivity index (χ2n) is 9.79. The number of carbonyl (C=O) groups is 1. The molecule has 1 heterocycles. The lowest BCUT2D eigenvalue weighted by Gasteiger charge is -2.26. The Morgan fingerprint density at radius 2 is 1.83 bits per heavy atom. The molecule has 0 aromatic heterocycles. The van der Waals surface area contributed by atoms with Gasteiger partial charge in [0.25, 0.3) is 0 Å². The zero-order valence-corrected chi connectivity index (χ0v) is 22.3. The van der Waals surface area contributed by atoms with E-state index in [1.165, 1.54) is 12.7 Å². The quantitative estimate of drug-likeness (QED) is 0.239. The van der Waals surface area contributed by atoms with E-state index in [4.69, 9.17) is 18.9 Å². The summed E-state index contributed by atoms with van der Waals surface area (Å²) in [7, 11) is 1.43. The van der Waals surface area contributed by atoms with Gasteiger partial charge in [0.15, 0.2) is 6.29 Å². The molecule has 1 saturated heterocycles. The van der Waals surface area contributed by atoms with Crippen LogP contribution in [-0.4, -0.2) is 63.0 Å². The highest BCUT2D eigenvalue weighted by atomic mass is 16.7. The molecule has 0 spiro atoms. The molecule has 2 N–H and O–H groups in total. The maximum atomic E-state index is 11.2. The van der Waals surface area contributed by atoms with Gasteiger partial charge in [-0.1, -0.05) is 37.0 Å². The van der Waals surface area contributed by atoms with Gasteiger partial charge in [-0.3, -0.25) is 4.79 Å². The van der Waals surface area contributed by atoms with E-state index in [-0.39, 0.29) is 24.9 Å². The highest BCUT2D eigenvalue weighted by Crippen LogP contribution is 2.24. The molecule has 3 unspecified atom stereocenters. The van der Waals surface area contributed by atoms with Gasteiger partial charge in [0.1, 0.15) is 12.4 Å². The third kappa shape index (κ3) is 12.2. The molecule has 0 saturated carbocycles. The van der Waals surface area contributed by atoms with Crippen LogP contribution in [0.5, 0.6) is 5.75 Å². The Hall–Kier alpha value is -1.67. The van der Waals surface area contributed by atoms with Gasteiger partial charge in [-0.05, 0) is 77.0 Å². The first-order valence-corrected chi connectivity index (χ1v) is 13.3. The summed E-state index contributed by atoms with van der Waals surface area (Å²) in [5.74, 6) is 0.731. The van der Waals surface area contributed by atoms with Crippen LogP contribution >= 0.6 is 0 Å². The summed E-state index contributed by atoms with van der Waals surface area (Å²) in [6.45, 7) is 8.50. The molecule has 0 aliphatic carbocycles. The van der Waals surface area contributed by atoms with Crippen LogP contribution < -0.4 is 10.1 Å². The molecule has 1 aromatic rings. The number of aliphatic hydroxyl groups is 1. The van der Waals surface area contributed by atoms with Crippen molar-refractivity contribution in [3.8, 4) is 5.75 Å². The molecule has 3 atom stereocenters. The average Bonchev–Trinajstić information content (AvgIpc) is 2.83. The fourth-order valence-electron chi connectivity index (χ4n) is 4.54. The van der Waals surface area contributed by atoms with Crippen LogP contribution in [0.1, 0.15) is 80.9 Å². The molecule has 0 radical (unpaired) electrons. The molecule has 0 amide bonds. The molecule has 1 aliphatic heterocycles. The Bertz CT molecular complexity index is 711. The second-order valence-corrected chi connectivity index (χ2v) is 9.79. The van der Waals surface area contributed by atoms with Crippen molar-refractivity contribution >= 4 is 5.97 Å². The summed E-state index contributed by atoms with van der Waals surface area (Å²) >= 11 is 0. The lowest BCUT2D eigenvalue weighted by molar-refractivity contribution is -0.166. The third-order valence-corrected chi connectivity index (χ3v) is 6.47. The molecule has 2 rings (SSSR count). The minimum atomic E-state index is -0.538. The molecule has 7 heteroatoms. The van der Waals surface area contributed by atoms with Crippen LogP contribution in [0.2, 0.25) is 0 Å². The van der Waals surface area contributed by atoms with Gasteiger partial charge < -0.3 is 29.4 Å². The smallest absolute Gasteiger partial charge is 0.305 e. The lowest BCUT2D eigenvalue weighted by Crippen LogP contribution is -2.38. The second kappa shape index (κ2) is 16.9. The highest BCUT2D eigenvalue weighted by molar-refractivity contribution is 5.68. The predicted octanol–water partition coefficient (Wildman–Crippen LogP) is 4.76. The minimum absolute atomic E-state index is 0.104. The zero-order valence-electron chi connectivity index (χ0n) is 22.3. The van der Waals surface area contributed by atoms with Crippen molar-refractivity contribution in [3.63, 3.8) is 0 Å². The van der Waals surface area contributed by atoms with Crippen molar-refractivity contribution in [1.29, 1.82) is 0 Å². The molecule has 35 heavy (non-hydrogen) atoms. The van der Waals surface area contributed by atoms with E-state index < -0.39 is 6.10 Å². The average molecular weight is 494 g/mol. The molecule has 1 aromatic carbocycles. The van der Waals surface area contributed by atoms with Gasteiger partial charge in [0.2, 0.25) is 0 Å². The number of unbranched alkanes of at least 4 members (excludes halogenated alkanes) is 3. The van der Waals surface area contributed by atoms with E-state index in [1.54, 1.807) is 0 Å². The van der Waals surface area contributed by atoms with Gasteiger partial charge >= 0.3 is 5.97 Å². The first-order valence-electron chi connectivity index (χ1n) is 13.3. The van der Waals surface area contributed by atoms with Crippen molar-refractivity contribution < 1.29 is 28.8 Å². The van der Waals surface area contributed by atoms with Crippen molar-refractivity contribution in [2.24, 2.45) is 0 Å². The summed E-state index contributed by atoms with van der Waals surface area (Å²) in [6, 6.07) is 4.41. The Morgan fingerprint density at radius 3 is 2.51 bits per heavy atom. The van der Waals surface area contributed by atoms with Crippen LogP contribution in [0.25, 0.3) is 0 Å². The molecular weight excluding hydrogens is 446 g/mol. The maximum Gasteiger partial charge on any atom is 0.305 e. The number of aliphatic hydroxyl groups excluding tert-OH is 1. The lowest BCUT2D eigenvalue weighted by atomic mass is 10.1. The van der Waals surface area contributed by atoms with Crippen molar-refractivity contribution in [3.05, 3.63) is 28.8 Å². The number of esters is 1. The number of aryl methyl sites for hydroxylation is 3. The van der Waals surface area contributed by atoms with Crippen molar-refractivity contribution in [2.75, 3.05) is 33.5 Å². The molecule has 200 valence electrons. The van der Waals surface area contributed by atoms with E-state index in [9.17, 15) is 9.90 Å². The molecular formula is C28H47NO6. The van der Waals surface area contributed by atoms with E-state index in [0.717, 1.165) is 74.8 Å². The van der Waals surface area contributed by atoms with E-state index >= 15 is 0 Å². The van der Waals surface area contributed by atoms with E-state index in [2.05, 4.69) is 24.4 Å². The van der Waals surface area contributed by atoms with Gasteiger partial charge in [-0.2, -0.15) is 0 Å². The summed E-state index contributed by atoms with van der Waals surface area (Å²) in [5, 5.41) is 14.0. The SMILES string of the molecule is COC(=O)CCCCCCC(COC1CCCCO1)NCCC(O)COc1c(C)cc(C)cc1C. The largest absolute Gasteiger partial charge is 0.490 e. The summed E-state index contributed by atoms with van der Waals surface area (Å²) in [4.78, 5) is 11.2. The maximum absolute atomic E-state index is 11.2. The van der Waals surface area contributed by atoms with E-state index in [1.807, 2.05) is 13.8 Å². The fraction of sp³-hybridized carbons (Fsp3) is 0.750. The number of hydrogen-bond acceptors (Lipinski definition) is 7. The zero-order chi connectivity index (χ0) is 25.5. The van der Waals surface area contributed by atoms with E-state index in [0.29, 0.717) is 26.0 Å². The molecule has 7 nitrogen and oxygen atoms in total. The molecule has 1 aliphatic rings. The summed E-state index contributed by atoms with van der Waals surface area (Å²) in [5.41, 5.74) is 3.41. The first-order chi connectivity index (χ1) is 16.9. The number of hydrogen-bond donors (Lipinski definition) is 2. The van der Waals surface area contributed by atoms with Crippen LogP contribution in [0.3, 0.4) is 0 Å². The highest BCUT2D eigenvalue weighted by Gasteiger charge is 2.17. The van der Waals surface area contributed by atoms with Gasteiger partial charge in [0.05, 0.1) is 19.8 Å². The Labute approximate surface area is 211 Å². The van der Waals surface area contributed by atoms with Gasteiger partial charge in [-0.15, -0.1) is 0 Å². The van der Waals surface area contributed by atoms with Crippen LogP contribution in [-0.2, 0) is 19.0 Å². The van der Waals surface area contributed by atoms with Crippen LogP contribution in [0.15, 0.2) is 12.1 Å². The third-order valence-electron chi connectivity index (χ3n) is 6.47. The Kier molecular flexibility index (Phi) is 14.3. The number of nitrogens with one attached hydrogen (secondary N) is 1. The minimum Gasteiger partial charge on any atom is -0.490 e. The first kappa shape index (κ1) is 29.6. The number of rotatable bonds is 17. The topological polar surface area (TPSA) is 86.3 Å². The van der Waals surface area contributed by atoms with Crippen molar-refractivity contribution in [1.82, 2.24) is 5.32 Å². The van der Waals surface area contributed by atoms with Crippen LogP contribution in [0.4, 0.5) is 0 Å². The Morgan fingerprint density at radius 1 is 1.09 bits per heavy atom. The predicted molar refractivity (Wildman–Crippen MR) is 138 cm³/mol. The molecule has 0 bridgehead atoms. The van der Waals surface area contributed by atoms with Crippen LogP contribution in [0, 0.1) is 20.8 Å². The number of methoxy groups -OCH3 is 1. The van der Waals surface area contributed by atoms with Gasteiger partial charge in [-0.25, -0.2) is 0 Å². The normalized spacial score (nSPS) is 17.7. The monoisotopic (exact) mass is 493 g/mol. The number of ether oxygens (including phenoxy) is 4. The standard InChI is InChI=1S/C28H47NO6/c1-21-17-22(2)28(23(3)18-21)35-20-25(30)14-15-29-24(19-34-27-13-9-10-16-33-27)11-7-5-6-8-12-26(31)32-4/h17-18,24-25,27,29-30H,5-16,19-20H2,1-4H3. The van der Waals surface area contributed by atoms with Crippen molar-refractivity contribution in [2.45, 2.75) is 103 Å². The number of carbonyl (C=O) groups excluding carboxylic acids is 1. The van der Waals surface area contributed by atoms with Gasteiger partial charge in [0, 0.05) is 19.1 Å². The Balaban J connectivity index is 1.71. The summed E-state index contributed by atoms with van der Waals surface area (Å²) < 4.78 is 22.4. The summed E-state index contributed by atoms with van der Waals surface area (Å²) in [6.07, 6.45) is 8.66. The fourth-order valence-corrected chi connectivity index (χ4v) is 4.54. The number of benzene rings is 1. The molecule has 1 fully saturated rings.